The average Bonchev–Trinajstić information content (AvgIpc) is 3.06. The molecule has 0 bridgehead atoms. The van der Waals surface area contributed by atoms with Crippen LogP contribution in [0.2, 0.25) is 0 Å². The molecule has 0 aliphatic carbocycles. The topological polar surface area (TPSA) is 51.9 Å². The Morgan fingerprint density at radius 3 is 2.64 bits per heavy atom. The van der Waals surface area contributed by atoms with Crippen molar-refractivity contribution in [1.29, 1.82) is 0 Å². The van der Waals surface area contributed by atoms with E-state index in [-0.39, 0.29) is 5.56 Å². The number of hydrogen-bond acceptors (Lipinski definition) is 2. The lowest BCUT2D eigenvalue weighted by atomic mass is 9.90. The Balaban J connectivity index is 1.27. The van der Waals surface area contributed by atoms with E-state index in [1.165, 1.54) is 48.0 Å². The first-order valence-electron chi connectivity index (χ1n) is 9.23. The summed E-state index contributed by atoms with van der Waals surface area (Å²) < 4.78 is 0. The molecule has 3 aromatic rings. The molecule has 130 valence electrons. The fourth-order valence-electron chi connectivity index (χ4n) is 3.93. The van der Waals surface area contributed by atoms with Crippen LogP contribution in [0.25, 0.3) is 10.9 Å². The van der Waals surface area contributed by atoms with Crippen molar-refractivity contribution in [3.05, 3.63) is 70.3 Å². The van der Waals surface area contributed by atoms with Gasteiger partial charge in [-0.05, 0) is 61.9 Å². The van der Waals surface area contributed by atoms with Crippen molar-refractivity contribution < 1.29 is 0 Å². The number of likely N-dealkylation sites (tertiary alicyclic amines) is 1. The minimum Gasteiger partial charge on any atom is -0.361 e. The Kier molecular flexibility index (Phi) is 4.70. The van der Waals surface area contributed by atoms with Crippen molar-refractivity contribution in [1.82, 2.24) is 14.9 Å². The van der Waals surface area contributed by atoms with Crippen LogP contribution in [0.5, 0.6) is 0 Å². The van der Waals surface area contributed by atoms with Gasteiger partial charge in [-0.3, -0.25) is 4.79 Å². The van der Waals surface area contributed by atoms with E-state index in [2.05, 4.69) is 45.3 Å². The Bertz CT molecular complexity index is 867. The third-order valence-corrected chi connectivity index (χ3v) is 5.45. The molecule has 2 aromatic heterocycles. The molecule has 1 aliphatic rings. The number of nitrogens with zero attached hydrogens (tertiary/aromatic N) is 1. The van der Waals surface area contributed by atoms with Crippen LogP contribution in [0.15, 0.2) is 53.6 Å². The summed E-state index contributed by atoms with van der Waals surface area (Å²) in [5.74, 6) is 0.732. The first-order chi connectivity index (χ1) is 12.3. The van der Waals surface area contributed by atoms with Crippen molar-refractivity contribution in [3.63, 3.8) is 0 Å². The van der Waals surface area contributed by atoms with Crippen LogP contribution in [-0.2, 0) is 12.8 Å². The number of nitrogens with one attached hydrogen (secondary N) is 2. The van der Waals surface area contributed by atoms with Crippen molar-refractivity contribution >= 4 is 10.9 Å². The standard InChI is InChI=1S/C21H25N3O/c25-21-6-5-17(14-23-21)13-16-7-10-24(11-8-16)12-9-18-15-22-20-4-2-1-3-19(18)20/h1-6,14-16,22H,7-13H2,(H,23,25). The first-order valence-corrected chi connectivity index (χ1v) is 9.23. The summed E-state index contributed by atoms with van der Waals surface area (Å²) in [6, 6.07) is 12.1. The number of rotatable bonds is 5. The van der Waals surface area contributed by atoms with Crippen LogP contribution < -0.4 is 5.56 Å². The number of H-pyrrole nitrogens is 2. The molecule has 2 N–H and O–H groups in total. The first kappa shape index (κ1) is 16.2. The second-order valence-electron chi connectivity index (χ2n) is 7.16. The zero-order chi connectivity index (χ0) is 17.1. The van der Waals surface area contributed by atoms with Gasteiger partial charge in [-0.2, -0.15) is 0 Å². The fraction of sp³-hybridized carbons (Fsp3) is 0.381. The second kappa shape index (κ2) is 7.28. The van der Waals surface area contributed by atoms with Crippen molar-refractivity contribution in [2.24, 2.45) is 5.92 Å². The minimum absolute atomic E-state index is 0.0177. The van der Waals surface area contributed by atoms with E-state index in [0.717, 1.165) is 25.3 Å². The molecule has 0 amide bonds. The smallest absolute Gasteiger partial charge is 0.247 e. The summed E-state index contributed by atoms with van der Waals surface area (Å²) in [6.07, 6.45) is 8.70. The molecule has 0 atom stereocenters. The predicted octanol–water partition coefficient (Wildman–Crippen LogP) is 3.35. The van der Waals surface area contributed by atoms with E-state index in [1.807, 2.05) is 12.3 Å². The lowest BCUT2D eigenvalue weighted by Crippen LogP contribution is -2.35. The van der Waals surface area contributed by atoms with E-state index in [9.17, 15) is 4.79 Å². The molecule has 4 nitrogen and oxygen atoms in total. The molecule has 1 aromatic carbocycles. The maximum atomic E-state index is 11.1. The largest absolute Gasteiger partial charge is 0.361 e. The quantitative estimate of drug-likeness (QED) is 0.751. The Morgan fingerprint density at radius 2 is 1.84 bits per heavy atom. The Labute approximate surface area is 147 Å². The zero-order valence-corrected chi connectivity index (χ0v) is 14.5. The second-order valence-corrected chi connectivity index (χ2v) is 7.16. The highest BCUT2D eigenvalue weighted by Gasteiger charge is 2.19. The molecule has 0 unspecified atom stereocenters. The molecule has 0 radical (unpaired) electrons. The molecule has 3 heterocycles. The number of para-hydroxylation sites is 1. The van der Waals surface area contributed by atoms with E-state index >= 15 is 0 Å². The van der Waals surface area contributed by atoms with Gasteiger partial charge >= 0.3 is 0 Å². The molecule has 1 fully saturated rings. The van der Waals surface area contributed by atoms with Gasteiger partial charge < -0.3 is 14.9 Å². The highest BCUT2D eigenvalue weighted by atomic mass is 16.1. The Morgan fingerprint density at radius 1 is 1.00 bits per heavy atom. The normalized spacial score (nSPS) is 16.5. The van der Waals surface area contributed by atoms with Gasteiger partial charge in [0.1, 0.15) is 0 Å². The maximum Gasteiger partial charge on any atom is 0.247 e. The summed E-state index contributed by atoms with van der Waals surface area (Å²) in [4.78, 5) is 19.9. The van der Waals surface area contributed by atoms with Gasteiger partial charge in [0.25, 0.3) is 0 Å². The lowest BCUT2D eigenvalue weighted by molar-refractivity contribution is 0.186. The van der Waals surface area contributed by atoms with E-state index in [4.69, 9.17) is 0 Å². The molecule has 4 rings (SSSR count). The number of pyridine rings is 1. The number of aromatic amines is 2. The van der Waals surface area contributed by atoms with E-state index < -0.39 is 0 Å². The maximum absolute atomic E-state index is 11.1. The zero-order valence-electron chi connectivity index (χ0n) is 14.5. The van der Waals surface area contributed by atoms with Crippen molar-refractivity contribution in [2.75, 3.05) is 19.6 Å². The summed E-state index contributed by atoms with van der Waals surface area (Å²) in [6.45, 7) is 3.49. The van der Waals surface area contributed by atoms with E-state index in [0.29, 0.717) is 0 Å². The summed E-state index contributed by atoms with van der Waals surface area (Å²) in [5, 5.41) is 1.36. The number of fused-ring (bicyclic) bond motifs is 1. The number of aromatic nitrogens is 2. The molecule has 25 heavy (non-hydrogen) atoms. The average molecular weight is 335 g/mol. The van der Waals surface area contributed by atoms with E-state index in [1.54, 1.807) is 6.07 Å². The van der Waals surface area contributed by atoms with Gasteiger partial charge in [0.05, 0.1) is 0 Å². The van der Waals surface area contributed by atoms with Gasteiger partial charge in [-0.1, -0.05) is 24.3 Å². The van der Waals surface area contributed by atoms with Crippen LogP contribution >= 0.6 is 0 Å². The number of piperidine rings is 1. The molecule has 1 aliphatic heterocycles. The lowest BCUT2D eigenvalue weighted by Gasteiger charge is -2.32. The summed E-state index contributed by atoms with van der Waals surface area (Å²) >= 11 is 0. The highest BCUT2D eigenvalue weighted by molar-refractivity contribution is 5.83. The molecule has 0 saturated carbocycles. The molecular weight excluding hydrogens is 310 g/mol. The fourth-order valence-corrected chi connectivity index (χ4v) is 3.93. The van der Waals surface area contributed by atoms with Crippen molar-refractivity contribution in [2.45, 2.75) is 25.7 Å². The van der Waals surface area contributed by atoms with Gasteiger partial charge in [-0.15, -0.1) is 0 Å². The molecule has 1 saturated heterocycles. The molecule has 4 heteroatoms. The van der Waals surface area contributed by atoms with Crippen LogP contribution in [0.3, 0.4) is 0 Å². The third-order valence-electron chi connectivity index (χ3n) is 5.45. The highest BCUT2D eigenvalue weighted by Crippen LogP contribution is 2.23. The van der Waals surface area contributed by atoms with Crippen molar-refractivity contribution in [3.8, 4) is 0 Å². The third kappa shape index (κ3) is 3.85. The van der Waals surface area contributed by atoms with Crippen LogP contribution in [0.4, 0.5) is 0 Å². The van der Waals surface area contributed by atoms with Crippen LogP contribution in [0, 0.1) is 5.92 Å². The van der Waals surface area contributed by atoms with Gasteiger partial charge in [-0.25, -0.2) is 0 Å². The monoisotopic (exact) mass is 335 g/mol. The number of benzene rings is 1. The predicted molar refractivity (Wildman–Crippen MR) is 102 cm³/mol. The summed E-state index contributed by atoms with van der Waals surface area (Å²) in [5.41, 5.74) is 3.88. The summed E-state index contributed by atoms with van der Waals surface area (Å²) in [7, 11) is 0. The molecular formula is C21H25N3O. The van der Waals surface area contributed by atoms with Crippen LogP contribution in [0.1, 0.15) is 24.0 Å². The van der Waals surface area contributed by atoms with Gasteiger partial charge in [0.15, 0.2) is 0 Å². The van der Waals surface area contributed by atoms with Gasteiger partial charge in [0, 0.05) is 35.9 Å². The number of hydrogen-bond donors (Lipinski definition) is 2. The Hall–Kier alpha value is -2.33. The van der Waals surface area contributed by atoms with Crippen LogP contribution in [-0.4, -0.2) is 34.5 Å². The minimum atomic E-state index is -0.0177. The van der Waals surface area contributed by atoms with Gasteiger partial charge in [0.2, 0.25) is 5.56 Å². The SMILES string of the molecule is O=c1ccc(CC2CCN(CCc3c[nH]c4ccccc34)CC2)c[nH]1. The molecule has 0 spiro atoms.